The van der Waals surface area contributed by atoms with Crippen LogP contribution in [0, 0.1) is 0 Å². The van der Waals surface area contributed by atoms with Crippen LogP contribution in [0.1, 0.15) is 17.3 Å². The van der Waals surface area contributed by atoms with E-state index in [9.17, 15) is 9.36 Å². The van der Waals surface area contributed by atoms with Crippen LogP contribution in [0.2, 0.25) is 0 Å². The first-order valence-corrected chi connectivity index (χ1v) is 5.29. The Morgan fingerprint density at radius 2 is 2.00 bits per heavy atom. The third-order valence-electron chi connectivity index (χ3n) is 1.60. The second-order valence-electron chi connectivity index (χ2n) is 2.54. The number of ether oxygens (including phenoxy) is 1. The molecule has 0 radical (unpaired) electrons. The summed E-state index contributed by atoms with van der Waals surface area (Å²) in [6.07, 6.45) is 0. The molecule has 0 aliphatic heterocycles. The van der Waals surface area contributed by atoms with Gasteiger partial charge in [-0.2, -0.15) is 4.89 Å². The average molecular weight is 213 g/mol. The third kappa shape index (κ3) is 2.62. The Bertz CT molecular complexity index is 344. The molecule has 0 saturated carbocycles. The zero-order valence-electron chi connectivity index (χ0n) is 7.64. The number of carbonyl (C=O) groups excluding carboxylic acids is 1. The van der Waals surface area contributed by atoms with Gasteiger partial charge < -0.3 is 4.74 Å². The number of esters is 1. The lowest BCUT2D eigenvalue weighted by molar-refractivity contribution is 0.0526. The van der Waals surface area contributed by atoms with E-state index in [4.69, 9.17) is 9.63 Å². The van der Waals surface area contributed by atoms with Gasteiger partial charge in [0, 0.05) is 0 Å². The SMILES string of the molecule is CCOC(=O)c1ccc([P+](=O)O)cc1. The van der Waals surface area contributed by atoms with Crippen molar-refractivity contribution in [3.05, 3.63) is 29.8 Å². The summed E-state index contributed by atoms with van der Waals surface area (Å²) in [6, 6.07) is 5.81. The average Bonchev–Trinajstić information content (AvgIpc) is 2.18. The van der Waals surface area contributed by atoms with E-state index in [1.165, 1.54) is 24.3 Å². The first-order chi connectivity index (χ1) is 6.65. The molecule has 0 heterocycles. The van der Waals surface area contributed by atoms with Crippen LogP contribution in [0.4, 0.5) is 0 Å². The van der Waals surface area contributed by atoms with Crippen LogP contribution in [0.15, 0.2) is 24.3 Å². The topological polar surface area (TPSA) is 63.6 Å². The summed E-state index contributed by atoms with van der Waals surface area (Å²) in [6.45, 7) is 2.03. The highest BCUT2D eigenvalue weighted by Crippen LogP contribution is 2.13. The Hall–Kier alpha value is -1.25. The van der Waals surface area contributed by atoms with Crippen LogP contribution in [-0.4, -0.2) is 17.5 Å². The lowest BCUT2D eigenvalue weighted by atomic mass is 10.2. The van der Waals surface area contributed by atoms with Gasteiger partial charge in [0.15, 0.2) is 0 Å². The first kappa shape index (κ1) is 10.8. The zero-order chi connectivity index (χ0) is 10.6. The lowest BCUT2D eigenvalue weighted by Crippen LogP contribution is -2.06. The molecule has 14 heavy (non-hydrogen) atoms. The summed E-state index contributed by atoms with van der Waals surface area (Å²) in [5.41, 5.74) is 0.382. The van der Waals surface area contributed by atoms with Crippen molar-refractivity contribution in [3.63, 3.8) is 0 Å². The minimum absolute atomic E-state index is 0.299. The number of hydrogen-bond donors (Lipinski definition) is 1. The zero-order valence-corrected chi connectivity index (χ0v) is 8.53. The highest BCUT2D eigenvalue weighted by molar-refractivity contribution is 7.47. The molecule has 1 unspecified atom stereocenters. The van der Waals surface area contributed by atoms with Crippen molar-refractivity contribution < 1.29 is 19.0 Å². The molecule has 0 spiro atoms. The predicted molar refractivity (Wildman–Crippen MR) is 51.9 cm³/mol. The van der Waals surface area contributed by atoms with Crippen LogP contribution in [0.25, 0.3) is 0 Å². The second-order valence-corrected chi connectivity index (χ2v) is 3.60. The normalized spacial score (nSPS) is 10.9. The largest absolute Gasteiger partial charge is 0.546 e. The summed E-state index contributed by atoms with van der Waals surface area (Å²) >= 11 is 0. The quantitative estimate of drug-likeness (QED) is 0.605. The van der Waals surface area contributed by atoms with Gasteiger partial charge in [-0.3, -0.25) is 0 Å². The van der Waals surface area contributed by atoms with Crippen LogP contribution in [0.5, 0.6) is 0 Å². The summed E-state index contributed by atoms with van der Waals surface area (Å²) in [5, 5.41) is 0.299. The molecule has 1 aromatic rings. The molecule has 1 atom stereocenters. The molecular formula is C9H10O4P+. The third-order valence-corrected chi connectivity index (χ3v) is 2.34. The van der Waals surface area contributed by atoms with Gasteiger partial charge in [0.2, 0.25) is 5.30 Å². The summed E-state index contributed by atoms with van der Waals surface area (Å²) in [5.74, 6) is -0.424. The van der Waals surface area contributed by atoms with Crippen molar-refractivity contribution in [1.29, 1.82) is 0 Å². The molecule has 0 aliphatic carbocycles. The highest BCUT2D eigenvalue weighted by Gasteiger charge is 2.16. The Morgan fingerprint density at radius 3 is 2.43 bits per heavy atom. The Morgan fingerprint density at radius 1 is 1.43 bits per heavy atom. The lowest BCUT2D eigenvalue weighted by Gasteiger charge is -1.99. The molecule has 0 fully saturated rings. The molecule has 0 bridgehead atoms. The molecule has 4 nitrogen and oxygen atoms in total. The monoisotopic (exact) mass is 213 g/mol. The number of hydrogen-bond acceptors (Lipinski definition) is 3. The van der Waals surface area contributed by atoms with E-state index in [-0.39, 0.29) is 0 Å². The van der Waals surface area contributed by atoms with Crippen molar-refractivity contribution in [2.24, 2.45) is 0 Å². The smallest absolute Gasteiger partial charge is 0.462 e. The number of rotatable bonds is 3. The molecule has 5 heteroatoms. The maximum Gasteiger partial charge on any atom is 0.546 e. The summed E-state index contributed by atoms with van der Waals surface area (Å²) < 4.78 is 15.4. The van der Waals surface area contributed by atoms with E-state index in [0.717, 1.165) is 0 Å². The van der Waals surface area contributed by atoms with Gasteiger partial charge in [-0.05, 0) is 35.8 Å². The minimum Gasteiger partial charge on any atom is -0.462 e. The van der Waals surface area contributed by atoms with E-state index in [1.807, 2.05) is 0 Å². The first-order valence-electron chi connectivity index (χ1n) is 4.08. The fraction of sp³-hybridized carbons (Fsp3) is 0.222. The van der Waals surface area contributed by atoms with Gasteiger partial charge in [-0.25, -0.2) is 4.79 Å². The standard InChI is InChI=1S/C9H9O4P/c1-2-13-9(10)7-3-5-8(6-4-7)14(11)12/h3-6H,2H2,1H3/p+1. The van der Waals surface area contributed by atoms with Gasteiger partial charge in [0.1, 0.15) is 0 Å². The molecule has 0 saturated heterocycles. The molecule has 1 N–H and O–H groups in total. The fourth-order valence-corrected chi connectivity index (χ4v) is 1.34. The minimum atomic E-state index is -2.34. The van der Waals surface area contributed by atoms with Gasteiger partial charge in [-0.1, -0.05) is 0 Å². The van der Waals surface area contributed by atoms with Crippen LogP contribution in [-0.2, 0) is 9.30 Å². The molecule has 1 rings (SSSR count). The van der Waals surface area contributed by atoms with Crippen molar-refractivity contribution in [1.82, 2.24) is 0 Å². The van der Waals surface area contributed by atoms with Gasteiger partial charge >= 0.3 is 14.0 Å². The Labute approximate surface area is 82.4 Å². The fourth-order valence-electron chi connectivity index (χ4n) is 0.939. The Balaban J connectivity index is 2.83. The van der Waals surface area contributed by atoms with Crippen LogP contribution < -0.4 is 5.30 Å². The van der Waals surface area contributed by atoms with Gasteiger partial charge in [0.25, 0.3) is 0 Å². The highest BCUT2D eigenvalue weighted by atomic mass is 31.1. The number of benzene rings is 1. The molecule has 74 valence electrons. The number of carbonyl (C=O) groups is 1. The van der Waals surface area contributed by atoms with Crippen LogP contribution in [0.3, 0.4) is 0 Å². The predicted octanol–water partition coefficient (Wildman–Crippen LogP) is 1.22. The van der Waals surface area contributed by atoms with Gasteiger partial charge in [0.05, 0.1) is 12.2 Å². The molecule has 0 aliphatic rings. The Kier molecular flexibility index (Phi) is 3.74. The van der Waals surface area contributed by atoms with Crippen LogP contribution >= 0.6 is 8.03 Å². The molecule has 0 aromatic heterocycles. The second kappa shape index (κ2) is 4.84. The molecule has 0 amide bonds. The van der Waals surface area contributed by atoms with Crippen molar-refractivity contribution in [3.8, 4) is 0 Å². The van der Waals surface area contributed by atoms with Crippen molar-refractivity contribution >= 4 is 19.3 Å². The van der Waals surface area contributed by atoms with E-state index in [1.54, 1.807) is 6.92 Å². The van der Waals surface area contributed by atoms with Gasteiger partial charge in [-0.15, -0.1) is 0 Å². The van der Waals surface area contributed by atoms with E-state index in [0.29, 0.717) is 17.5 Å². The maximum absolute atomic E-state index is 11.2. The van der Waals surface area contributed by atoms with E-state index in [2.05, 4.69) is 0 Å². The summed E-state index contributed by atoms with van der Waals surface area (Å²) in [4.78, 5) is 19.9. The van der Waals surface area contributed by atoms with E-state index >= 15 is 0 Å². The van der Waals surface area contributed by atoms with E-state index < -0.39 is 14.0 Å². The maximum atomic E-state index is 11.2. The molecule has 1 aromatic carbocycles. The summed E-state index contributed by atoms with van der Waals surface area (Å²) in [7, 11) is -2.34. The van der Waals surface area contributed by atoms with Crippen molar-refractivity contribution in [2.75, 3.05) is 6.61 Å². The van der Waals surface area contributed by atoms with Crippen molar-refractivity contribution in [2.45, 2.75) is 6.92 Å². The molecular weight excluding hydrogens is 203 g/mol.